The van der Waals surface area contributed by atoms with Gasteiger partial charge in [-0.1, -0.05) is 29.8 Å². The van der Waals surface area contributed by atoms with Crippen LogP contribution in [0, 0.1) is 0 Å². The van der Waals surface area contributed by atoms with Gasteiger partial charge in [0.25, 0.3) is 0 Å². The summed E-state index contributed by atoms with van der Waals surface area (Å²) in [4.78, 5) is 14.2. The molecule has 1 atom stereocenters. The minimum Gasteiger partial charge on any atom is -0.431 e. The molecule has 0 fully saturated rings. The predicted octanol–water partition coefficient (Wildman–Crippen LogP) is 6.52. The van der Waals surface area contributed by atoms with Crippen molar-refractivity contribution in [2.45, 2.75) is 30.0 Å². The van der Waals surface area contributed by atoms with Gasteiger partial charge in [-0.2, -0.15) is 39.5 Å². The first kappa shape index (κ1) is 24.0. The van der Waals surface area contributed by atoms with Gasteiger partial charge in [0.1, 0.15) is 5.92 Å². The molecule has 0 aromatic heterocycles. The van der Waals surface area contributed by atoms with Crippen molar-refractivity contribution in [1.29, 1.82) is 0 Å². The fraction of sp³-hybridized carbons (Fsp3) is 0.316. The molecule has 32 heavy (non-hydrogen) atoms. The zero-order chi connectivity index (χ0) is 24.3. The number of anilines is 2. The van der Waals surface area contributed by atoms with Crippen molar-refractivity contribution in [2.24, 2.45) is 0 Å². The van der Waals surface area contributed by atoms with Gasteiger partial charge in [-0.15, -0.1) is 0 Å². The number of carbonyl (C=O) groups excluding carboxylic acids is 1. The topological polar surface area (TPSA) is 29.5 Å². The first-order chi connectivity index (χ1) is 14.5. The van der Waals surface area contributed by atoms with E-state index in [1.807, 2.05) is 0 Å². The molecule has 0 amide bonds. The Labute approximate surface area is 179 Å². The van der Waals surface area contributed by atoms with Gasteiger partial charge in [0.05, 0.1) is 0 Å². The molecule has 0 saturated heterocycles. The van der Waals surface area contributed by atoms with E-state index in [4.69, 9.17) is 11.6 Å². The molecule has 0 N–H and O–H groups in total. The third kappa shape index (κ3) is 3.54. The number of rotatable bonds is 2. The summed E-state index contributed by atoms with van der Waals surface area (Å²) in [6.07, 6.45) is -21.1. The van der Waals surface area contributed by atoms with Gasteiger partial charge in [-0.3, -0.25) is 4.79 Å². The average Bonchev–Trinajstić information content (AvgIpc) is 2.63. The van der Waals surface area contributed by atoms with Gasteiger partial charge in [-0.05, 0) is 35.4 Å². The molecule has 1 heterocycles. The molecule has 174 valence electrons. The number of fused-ring (bicyclic) bond motifs is 2. The van der Waals surface area contributed by atoms with Gasteiger partial charge in [0, 0.05) is 23.4 Å². The van der Waals surface area contributed by atoms with E-state index < -0.39 is 36.0 Å². The van der Waals surface area contributed by atoms with Crippen LogP contribution < -0.4 is 4.90 Å². The van der Waals surface area contributed by atoms with Crippen LogP contribution in [0.5, 0.6) is 0 Å². The van der Waals surface area contributed by atoms with Gasteiger partial charge in [0.2, 0.25) is 0 Å². The molecule has 3 nitrogen and oxygen atoms in total. The Hall–Kier alpha value is -2.63. The lowest BCUT2D eigenvalue weighted by atomic mass is 9.84. The number of alkyl halides is 9. The molecular formula is C19H11ClF9NO2. The maximum Gasteiger partial charge on any atom is 0.447 e. The minimum absolute atomic E-state index is 0.0527. The Morgan fingerprint density at radius 2 is 1.34 bits per heavy atom. The Balaban J connectivity index is 2.23. The molecule has 0 aliphatic carbocycles. The molecule has 1 aliphatic rings. The molecule has 3 rings (SSSR count). The number of esters is 1. The summed E-state index contributed by atoms with van der Waals surface area (Å²) in [6.45, 7) is 0. The molecule has 0 spiro atoms. The fourth-order valence-electron chi connectivity index (χ4n) is 3.52. The van der Waals surface area contributed by atoms with Crippen LogP contribution in [0.15, 0.2) is 42.5 Å². The number of hydrogen-bond acceptors (Lipinski definition) is 3. The van der Waals surface area contributed by atoms with E-state index in [2.05, 4.69) is 4.74 Å². The van der Waals surface area contributed by atoms with Crippen molar-refractivity contribution >= 4 is 28.9 Å². The molecule has 2 aromatic carbocycles. The first-order valence-electron chi connectivity index (χ1n) is 8.58. The molecule has 0 bridgehead atoms. The Kier molecular flexibility index (Phi) is 5.60. The normalized spacial score (nSPS) is 17.0. The summed E-state index contributed by atoms with van der Waals surface area (Å²) >= 11 is 5.86. The number of nitrogens with zero attached hydrogens (tertiary/aromatic N) is 1. The van der Waals surface area contributed by atoms with Gasteiger partial charge < -0.3 is 9.64 Å². The maximum absolute atomic E-state index is 13.3. The Morgan fingerprint density at radius 3 is 1.88 bits per heavy atom. The zero-order valence-corrected chi connectivity index (χ0v) is 16.4. The van der Waals surface area contributed by atoms with Crippen LogP contribution in [-0.4, -0.2) is 37.1 Å². The van der Waals surface area contributed by atoms with Crippen LogP contribution in [-0.2, 0) is 9.53 Å². The Bertz CT molecular complexity index is 1010. The number of ether oxygens (including phenoxy) is 1. The third-order valence-corrected chi connectivity index (χ3v) is 5.19. The van der Waals surface area contributed by atoms with Crippen molar-refractivity contribution in [3.05, 3.63) is 58.6 Å². The molecule has 13 heteroatoms. The van der Waals surface area contributed by atoms with Crippen LogP contribution in [0.25, 0.3) is 0 Å². The standard InChI is InChI=1S/C19H11ClF9NO2/c1-30-12-5-3-2-4-10(12)14(11-8-9(20)6-7-13(11)30)15(31)32-16(17(21,22)23,18(24,25)26)19(27,28)29/h2-8,14H,1H3. The highest BCUT2D eigenvalue weighted by atomic mass is 35.5. The van der Waals surface area contributed by atoms with E-state index in [0.717, 1.165) is 6.07 Å². The maximum atomic E-state index is 13.3. The van der Waals surface area contributed by atoms with E-state index in [1.54, 1.807) is 0 Å². The van der Waals surface area contributed by atoms with Gasteiger partial charge >= 0.3 is 30.1 Å². The zero-order valence-electron chi connectivity index (χ0n) is 15.7. The van der Waals surface area contributed by atoms with Crippen molar-refractivity contribution in [3.63, 3.8) is 0 Å². The second-order valence-electron chi connectivity index (χ2n) is 6.85. The van der Waals surface area contributed by atoms with Crippen LogP contribution in [0.3, 0.4) is 0 Å². The first-order valence-corrected chi connectivity index (χ1v) is 8.96. The van der Waals surface area contributed by atoms with Gasteiger partial charge in [0.15, 0.2) is 0 Å². The minimum atomic E-state index is -7.04. The number of carbonyl (C=O) groups is 1. The summed E-state index contributed by atoms with van der Waals surface area (Å²) in [6, 6.07) is 9.05. The number of hydrogen-bond donors (Lipinski definition) is 0. The largest absolute Gasteiger partial charge is 0.447 e. The van der Waals surface area contributed by atoms with E-state index in [1.165, 1.54) is 48.3 Å². The summed E-state index contributed by atoms with van der Waals surface area (Å²) < 4.78 is 123. The lowest BCUT2D eigenvalue weighted by molar-refractivity contribution is -0.446. The summed E-state index contributed by atoms with van der Waals surface area (Å²) in [5, 5.41) is -0.0527. The fourth-order valence-corrected chi connectivity index (χ4v) is 3.70. The highest BCUT2D eigenvalue weighted by molar-refractivity contribution is 6.30. The summed E-state index contributed by atoms with van der Waals surface area (Å²) in [5.41, 5.74) is -6.80. The van der Waals surface area contributed by atoms with Crippen molar-refractivity contribution in [1.82, 2.24) is 0 Å². The number of benzene rings is 2. The van der Waals surface area contributed by atoms with Crippen LogP contribution in [0.2, 0.25) is 5.02 Å². The average molecular weight is 492 g/mol. The molecule has 2 aromatic rings. The van der Waals surface area contributed by atoms with E-state index in [0.29, 0.717) is 0 Å². The van der Waals surface area contributed by atoms with E-state index in [9.17, 15) is 44.3 Å². The van der Waals surface area contributed by atoms with Crippen LogP contribution >= 0.6 is 11.6 Å². The van der Waals surface area contributed by atoms with E-state index in [-0.39, 0.29) is 27.5 Å². The van der Waals surface area contributed by atoms with E-state index >= 15 is 0 Å². The lowest BCUT2D eigenvalue weighted by Crippen LogP contribution is -2.68. The predicted molar refractivity (Wildman–Crippen MR) is 94.8 cm³/mol. The second-order valence-corrected chi connectivity index (χ2v) is 7.29. The third-order valence-electron chi connectivity index (χ3n) is 4.96. The number of halogens is 10. The highest BCUT2D eigenvalue weighted by Gasteiger charge is 2.87. The van der Waals surface area contributed by atoms with Crippen molar-refractivity contribution in [3.8, 4) is 0 Å². The van der Waals surface area contributed by atoms with Crippen molar-refractivity contribution in [2.75, 3.05) is 11.9 Å². The molecule has 0 radical (unpaired) electrons. The van der Waals surface area contributed by atoms with Gasteiger partial charge in [-0.25, -0.2) is 0 Å². The van der Waals surface area contributed by atoms with Crippen LogP contribution in [0.1, 0.15) is 17.0 Å². The molecule has 0 saturated carbocycles. The highest BCUT2D eigenvalue weighted by Crippen LogP contribution is 2.56. The van der Waals surface area contributed by atoms with Crippen LogP contribution in [0.4, 0.5) is 50.9 Å². The summed E-state index contributed by atoms with van der Waals surface area (Å²) in [7, 11) is 1.48. The smallest absolute Gasteiger partial charge is 0.431 e. The summed E-state index contributed by atoms with van der Waals surface area (Å²) in [5.74, 6) is -4.43. The quantitative estimate of drug-likeness (QED) is 0.354. The Morgan fingerprint density at radius 1 is 0.844 bits per heavy atom. The molecular weight excluding hydrogens is 481 g/mol. The molecule has 1 aliphatic heterocycles. The SMILES string of the molecule is CN1c2ccccc2C(C(=O)OC(C(F)(F)F)(C(F)(F)F)C(F)(F)F)c2cc(Cl)ccc21. The number of para-hydroxylation sites is 1. The molecule has 1 unspecified atom stereocenters. The van der Waals surface area contributed by atoms with Crippen molar-refractivity contribution < 1.29 is 49.0 Å². The lowest BCUT2D eigenvalue weighted by Gasteiger charge is -2.40. The second kappa shape index (κ2) is 7.46. The monoisotopic (exact) mass is 491 g/mol.